The third kappa shape index (κ3) is 2.81. The number of ether oxygens (including phenoxy) is 1. The Morgan fingerprint density at radius 3 is 2.50 bits per heavy atom. The van der Waals surface area contributed by atoms with Gasteiger partial charge in [-0.15, -0.1) is 0 Å². The van der Waals surface area contributed by atoms with E-state index in [1.807, 2.05) is 43.1 Å². The maximum atomic E-state index is 10.3. The number of hydrogen-bond acceptors (Lipinski definition) is 3. The van der Waals surface area contributed by atoms with Gasteiger partial charge < -0.3 is 14.7 Å². The molecule has 1 N–H and O–H groups in total. The first-order chi connectivity index (χ1) is 10.5. The van der Waals surface area contributed by atoms with Crippen LogP contribution in [0.2, 0.25) is 0 Å². The van der Waals surface area contributed by atoms with Crippen LogP contribution < -0.4 is 9.64 Å². The largest absolute Gasteiger partial charge is 0.457 e. The predicted molar refractivity (Wildman–Crippen MR) is 89.7 cm³/mol. The quantitative estimate of drug-likeness (QED) is 0.924. The molecule has 3 rings (SSSR count). The molecular weight excluding hydrogens is 274 g/mol. The standard InChI is InChI=1S/C19H23NO2/c1-4-14-5-7-16(8-6-14)22-17-9-10-18-15(13-17)11-12-19(2,21)20(18)3/h5-10,13,21H,4,11-12H2,1-3H3. The molecule has 116 valence electrons. The van der Waals surface area contributed by atoms with Gasteiger partial charge in [-0.1, -0.05) is 19.1 Å². The Morgan fingerprint density at radius 1 is 1.14 bits per heavy atom. The fraction of sp³-hybridized carbons (Fsp3) is 0.368. The Hall–Kier alpha value is -2.00. The Morgan fingerprint density at radius 2 is 1.82 bits per heavy atom. The number of nitrogens with zero attached hydrogens (tertiary/aromatic N) is 1. The molecule has 3 nitrogen and oxygen atoms in total. The smallest absolute Gasteiger partial charge is 0.135 e. The van der Waals surface area contributed by atoms with Gasteiger partial charge in [0.2, 0.25) is 0 Å². The van der Waals surface area contributed by atoms with Crippen LogP contribution >= 0.6 is 0 Å². The second-order valence-corrected chi connectivity index (χ2v) is 6.17. The first kappa shape index (κ1) is 14.9. The average Bonchev–Trinajstić information content (AvgIpc) is 2.52. The molecular formula is C19H23NO2. The summed E-state index contributed by atoms with van der Waals surface area (Å²) in [7, 11) is 1.93. The predicted octanol–water partition coefficient (Wildman–Crippen LogP) is 4.13. The number of hydrogen-bond donors (Lipinski definition) is 1. The monoisotopic (exact) mass is 297 g/mol. The summed E-state index contributed by atoms with van der Waals surface area (Å²) in [6.07, 6.45) is 2.62. The number of rotatable bonds is 3. The second kappa shape index (κ2) is 5.65. The van der Waals surface area contributed by atoms with Crippen LogP contribution in [0.1, 0.15) is 31.4 Å². The molecule has 1 unspecified atom stereocenters. The average molecular weight is 297 g/mol. The van der Waals surface area contributed by atoms with E-state index in [-0.39, 0.29) is 0 Å². The topological polar surface area (TPSA) is 32.7 Å². The van der Waals surface area contributed by atoms with Crippen LogP contribution in [-0.2, 0) is 12.8 Å². The van der Waals surface area contributed by atoms with E-state index < -0.39 is 5.72 Å². The summed E-state index contributed by atoms with van der Waals surface area (Å²) in [5.74, 6) is 1.70. The van der Waals surface area contributed by atoms with Gasteiger partial charge >= 0.3 is 0 Å². The van der Waals surface area contributed by atoms with Gasteiger partial charge in [-0.25, -0.2) is 0 Å². The molecule has 0 spiro atoms. The van der Waals surface area contributed by atoms with Crippen molar-refractivity contribution in [3.63, 3.8) is 0 Å². The molecule has 0 aliphatic carbocycles. The molecule has 0 amide bonds. The number of fused-ring (bicyclic) bond motifs is 1. The Bertz CT molecular complexity index is 662. The summed E-state index contributed by atoms with van der Waals surface area (Å²) in [6, 6.07) is 14.3. The fourth-order valence-corrected chi connectivity index (χ4v) is 2.88. The molecule has 3 heteroatoms. The normalized spacial score (nSPS) is 20.6. The van der Waals surface area contributed by atoms with Crippen molar-refractivity contribution >= 4 is 5.69 Å². The minimum atomic E-state index is -0.772. The first-order valence-electron chi connectivity index (χ1n) is 7.85. The summed E-state index contributed by atoms with van der Waals surface area (Å²) < 4.78 is 5.95. The van der Waals surface area contributed by atoms with Crippen molar-refractivity contribution in [3.8, 4) is 11.5 Å². The number of benzene rings is 2. The molecule has 0 aromatic heterocycles. The van der Waals surface area contributed by atoms with E-state index in [0.717, 1.165) is 36.4 Å². The van der Waals surface area contributed by atoms with Crippen molar-refractivity contribution in [1.82, 2.24) is 0 Å². The minimum absolute atomic E-state index is 0.727. The fourth-order valence-electron chi connectivity index (χ4n) is 2.88. The third-order valence-electron chi connectivity index (χ3n) is 4.57. The molecule has 0 radical (unpaired) electrons. The zero-order valence-electron chi connectivity index (χ0n) is 13.5. The van der Waals surface area contributed by atoms with Crippen molar-refractivity contribution in [2.24, 2.45) is 0 Å². The highest BCUT2D eigenvalue weighted by Gasteiger charge is 2.32. The van der Waals surface area contributed by atoms with E-state index in [1.165, 1.54) is 11.1 Å². The van der Waals surface area contributed by atoms with Gasteiger partial charge in [-0.2, -0.15) is 0 Å². The van der Waals surface area contributed by atoms with Crippen molar-refractivity contribution in [2.75, 3.05) is 11.9 Å². The van der Waals surface area contributed by atoms with Crippen LogP contribution in [-0.4, -0.2) is 17.9 Å². The summed E-state index contributed by atoms with van der Waals surface area (Å²) in [4.78, 5) is 1.94. The van der Waals surface area contributed by atoms with Crippen LogP contribution in [0.3, 0.4) is 0 Å². The molecule has 2 aromatic rings. The highest BCUT2D eigenvalue weighted by Crippen LogP contribution is 2.37. The molecule has 2 aromatic carbocycles. The van der Waals surface area contributed by atoms with Crippen molar-refractivity contribution < 1.29 is 9.84 Å². The van der Waals surface area contributed by atoms with E-state index in [9.17, 15) is 5.11 Å². The van der Waals surface area contributed by atoms with E-state index >= 15 is 0 Å². The molecule has 1 aliphatic heterocycles. The van der Waals surface area contributed by atoms with Gasteiger partial charge in [-0.3, -0.25) is 0 Å². The lowest BCUT2D eigenvalue weighted by atomic mass is 9.94. The third-order valence-corrected chi connectivity index (χ3v) is 4.57. The molecule has 1 aliphatic rings. The lowest BCUT2D eigenvalue weighted by Crippen LogP contribution is -2.47. The highest BCUT2D eigenvalue weighted by molar-refractivity contribution is 5.59. The summed E-state index contributed by atoms with van der Waals surface area (Å²) >= 11 is 0. The van der Waals surface area contributed by atoms with E-state index in [2.05, 4.69) is 25.1 Å². The Labute approximate surface area is 132 Å². The molecule has 22 heavy (non-hydrogen) atoms. The SMILES string of the molecule is CCc1ccc(Oc2ccc3c(c2)CCC(C)(O)N3C)cc1. The van der Waals surface area contributed by atoms with Crippen LogP contribution in [0, 0.1) is 0 Å². The molecule has 0 fully saturated rings. The lowest BCUT2D eigenvalue weighted by Gasteiger charge is -2.41. The Balaban J connectivity index is 1.82. The zero-order valence-corrected chi connectivity index (χ0v) is 13.5. The summed E-state index contributed by atoms with van der Waals surface area (Å²) in [5, 5.41) is 10.3. The molecule has 1 heterocycles. The first-order valence-corrected chi connectivity index (χ1v) is 7.85. The van der Waals surface area contributed by atoms with Gasteiger partial charge in [0.05, 0.1) is 0 Å². The van der Waals surface area contributed by atoms with Crippen molar-refractivity contribution in [3.05, 3.63) is 53.6 Å². The maximum absolute atomic E-state index is 10.3. The highest BCUT2D eigenvalue weighted by atomic mass is 16.5. The van der Waals surface area contributed by atoms with Crippen LogP contribution in [0.4, 0.5) is 5.69 Å². The van der Waals surface area contributed by atoms with Gasteiger partial charge in [0, 0.05) is 12.7 Å². The van der Waals surface area contributed by atoms with Crippen LogP contribution in [0.25, 0.3) is 0 Å². The van der Waals surface area contributed by atoms with E-state index in [0.29, 0.717) is 0 Å². The van der Waals surface area contributed by atoms with Gasteiger partial charge in [-0.05, 0) is 67.6 Å². The van der Waals surface area contributed by atoms with E-state index in [1.54, 1.807) is 0 Å². The van der Waals surface area contributed by atoms with Crippen molar-refractivity contribution in [1.29, 1.82) is 0 Å². The van der Waals surface area contributed by atoms with Crippen LogP contribution in [0.15, 0.2) is 42.5 Å². The number of anilines is 1. The second-order valence-electron chi connectivity index (χ2n) is 6.17. The summed E-state index contributed by atoms with van der Waals surface area (Å²) in [5.41, 5.74) is 2.83. The number of aryl methyl sites for hydroxylation is 2. The lowest BCUT2D eigenvalue weighted by molar-refractivity contribution is 0.0476. The molecule has 0 saturated carbocycles. The van der Waals surface area contributed by atoms with E-state index in [4.69, 9.17) is 4.74 Å². The Kier molecular flexibility index (Phi) is 3.83. The van der Waals surface area contributed by atoms with Gasteiger partial charge in [0.1, 0.15) is 17.2 Å². The van der Waals surface area contributed by atoms with Crippen molar-refractivity contribution in [2.45, 2.75) is 38.8 Å². The maximum Gasteiger partial charge on any atom is 0.135 e. The zero-order chi connectivity index (χ0) is 15.7. The number of aliphatic hydroxyl groups is 1. The molecule has 0 saturated heterocycles. The van der Waals surface area contributed by atoms with Crippen LogP contribution in [0.5, 0.6) is 11.5 Å². The minimum Gasteiger partial charge on any atom is -0.457 e. The summed E-state index contributed by atoms with van der Waals surface area (Å²) in [6.45, 7) is 4.00. The van der Waals surface area contributed by atoms with Gasteiger partial charge in [0.15, 0.2) is 0 Å². The van der Waals surface area contributed by atoms with Gasteiger partial charge in [0.25, 0.3) is 0 Å². The molecule has 0 bridgehead atoms. The molecule has 1 atom stereocenters.